The molecule has 1 aliphatic carbocycles. The van der Waals surface area contributed by atoms with Crippen LogP contribution >= 0.6 is 0 Å². The number of piperazine rings is 1. The molecule has 144 valence electrons. The minimum absolute atomic E-state index is 0.319. The van der Waals surface area contributed by atoms with Crippen molar-refractivity contribution in [3.05, 3.63) is 18.0 Å². The predicted molar refractivity (Wildman–Crippen MR) is 105 cm³/mol. The first-order chi connectivity index (χ1) is 13.2. The summed E-state index contributed by atoms with van der Waals surface area (Å²) in [5.41, 5.74) is 3.51. The number of H-pyrrole nitrogens is 1. The van der Waals surface area contributed by atoms with E-state index in [1.807, 2.05) is 12.4 Å². The number of rotatable bonds is 4. The number of fused-ring (bicyclic) bond motifs is 1. The second kappa shape index (κ2) is 6.78. The fourth-order valence-corrected chi connectivity index (χ4v) is 4.70. The molecule has 1 amide bonds. The summed E-state index contributed by atoms with van der Waals surface area (Å²) >= 11 is 0. The summed E-state index contributed by atoms with van der Waals surface area (Å²) in [6.07, 6.45) is 9.48. The van der Waals surface area contributed by atoms with E-state index in [1.165, 1.54) is 30.5 Å². The fourth-order valence-electron chi connectivity index (χ4n) is 4.70. The highest BCUT2D eigenvalue weighted by Crippen LogP contribution is 2.46. The molecular formula is C20H28N6O. The average molecular weight is 368 g/mol. The lowest BCUT2D eigenvalue weighted by molar-refractivity contribution is -0.132. The van der Waals surface area contributed by atoms with Crippen LogP contribution in [0.4, 0.5) is 5.69 Å². The van der Waals surface area contributed by atoms with Gasteiger partial charge in [0.1, 0.15) is 0 Å². The number of hydrogen-bond donors (Lipinski definition) is 1. The van der Waals surface area contributed by atoms with Crippen molar-refractivity contribution >= 4 is 22.6 Å². The summed E-state index contributed by atoms with van der Waals surface area (Å²) in [4.78, 5) is 24.1. The number of amides is 1. The van der Waals surface area contributed by atoms with Crippen molar-refractivity contribution in [3.63, 3.8) is 0 Å². The Kier molecular flexibility index (Phi) is 4.27. The smallest absolute Gasteiger partial charge is 0.224 e. The Hall–Kier alpha value is -2.15. The molecule has 3 fully saturated rings. The topological polar surface area (TPSA) is 68.4 Å². The highest BCUT2D eigenvalue weighted by molar-refractivity contribution is 5.91. The molecule has 2 aromatic rings. The van der Waals surface area contributed by atoms with E-state index < -0.39 is 0 Å². The Balaban J connectivity index is 1.29. The molecule has 2 aromatic heterocycles. The van der Waals surface area contributed by atoms with E-state index in [2.05, 4.69) is 36.9 Å². The number of likely N-dealkylation sites (tertiary alicyclic amines) is 1. The zero-order valence-corrected chi connectivity index (χ0v) is 16.0. The number of aromatic nitrogens is 3. The Morgan fingerprint density at radius 1 is 1.15 bits per heavy atom. The molecule has 7 heteroatoms. The Bertz CT molecular complexity index is 836. The minimum atomic E-state index is 0.319. The third-order valence-corrected chi connectivity index (χ3v) is 6.53. The predicted octanol–water partition coefficient (Wildman–Crippen LogP) is 1.97. The second-order valence-corrected chi connectivity index (χ2v) is 8.32. The van der Waals surface area contributed by atoms with Gasteiger partial charge >= 0.3 is 0 Å². The van der Waals surface area contributed by atoms with Gasteiger partial charge in [-0.05, 0) is 50.8 Å². The Labute approximate surface area is 159 Å². The van der Waals surface area contributed by atoms with Crippen LogP contribution in [-0.4, -0.2) is 76.7 Å². The maximum absolute atomic E-state index is 12.8. The van der Waals surface area contributed by atoms with E-state index in [0.29, 0.717) is 24.3 Å². The summed E-state index contributed by atoms with van der Waals surface area (Å²) in [6, 6.07) is 0.433. The quantitative estimate of drug-likeness (QED) is 0.894. The number of anilines is 1. The molecule has 2 saturated heterocycles. The lowest BCUT2D eigenvalue weighted by atomic mass is 10.1. The van der Waals surface area contributed by atoms with Crippen molar-refractivity contribution in [2.75, 3.05) is 44.7 Å². The number of nitrogens with zero attached hydrogens (tertiary/aromatic N) is 5. The molecule has 7 nitrogen and oxygen atoms in total. The SMILES string of the molecule is CN1CCCC1CC(=O)N1CCN(c2c(C3CC3)cnc3[nH]ncc23)CC1. The minimum Gasteiger partial charge on any atom is -0.367 e. The van der Waals surface area contributed by atoms with Gasteiger partial charge in [-0.3, -0.25) is 9.89 Å². The van der Waals surface area contributed by atoms with Crippen LogP contribution in [0.25, 0.3) is 11.0 Å². The highest BCUT2D eigenvalue weighted by atomic mass is 16.2. The zero-order valence-electron chi connectivity index (χ0n) is 16.0. The van der Waals surface area contributed by atoms with Crippen LogP contribution in [-0.2, 0) is 4.79 Å². The zero-order chi connectivity index (χ0) is 18.4. The van der Waals surface area contributed by atoms with E-state index >= 15 is 0 Å². The molecule has 1 unspecified atom stereocenters. The molecule has 2 aliphatic heterocycles. The van der Waals surface area contributed by atoms with Gasteiger partial charge in [0.2, 0.25) is 5.91 Å². The molecular weight excluding hydrogens is 340 g/mol. The van der Waals surface area contributed by atoms with Gasteiger partial charge in [0, 0.05) is 44.8 Å². The van der Waals surface area contributed by atoms with Crippen LogP contribution in [0.15, 0.2) is 12.4 Å². The van der Waals surface area contributed by atoms with Gasteiger partial charge in [-0.25, -0.2) is 4.98 Å². The molecule has 3 aliphatic rings. The van der Waals surface area contributed by atoms with E-state index in [4.69, 9.17) is 0 Å². The lowest BCUT2D eigenvalue weighted by Gasteiger charge is -2.38. The van der Waals surface area contributed by atoms with Crippen molar-refractivity contribution in [2.45, 2.75) is 44.1 Å². The summed E-state index contributed by atoms with van der Waals surface area (Å²) < 4.78 is 0. The van der Waals surface area contributed by atoms with Gasteiger partial charge in [-0.15, -0.1) is 0 Å². The molecule has 4 heterocycles. The van der Waals surface area contributed by atoms with Crippen molar-refractivity contribution < 1.29 is 4.79 Å². The lowest BCUT2D eigenvalue weighted by Crippen LogP contribution is -2.50. The van der Waals surface area contributed by atoms with Crippen LogP contribution in [0.2, 0.25) is 0 Å². The first-order valence-electron chi connectivity index (χ1n) is 10.3. The number of aromatic amines is 1. The number of hydrogen-bond acceptors (Lipinski definition) is 5. The second-order valence-electron chi connectivity index (χ2n) is 8.32. The van der Waals surface area contributed by atoms with Crippen LogP contribution in [0.1, 0.15) is 43.6 Å². The summed E-state index contributed by atoms with van der Waals surface area (Å²) in [5, 5.41) is 8.32. The number of pyridine rings is 1. The van der Waals surface area contributed by atoms with Gasteiger partial charge in [-0.2, -0.15) is 5.10 Å². The van der Waals surface area contributed by atoms with Crippen LogP contribution in [0, 0.1) is 0 Å². The molecule has 1 N–H and O–H groups in total. The number of nitrogens with one attached hydrogen (secondary N) is 1. The van der Waals surface area contributed by atoms with Crippen molar-refractivity contribution in [3.8, 4) is 0 Å². The molecule has 0 spiro atoms. The molecule has 5 rings (SSSR count). The largest absolute Gasteiger partial charge is 0.367 e. The van der Waals surface area contributed by atoms with Crippen molar-refractivity contribution in [1.82, 2.24) is 25.0 Å². The standard InChI is InChI=1S/C20H28N6O/c1-24-6-2-3-15(24)11-18(27)25-7-9-26(10-8-25)19-16(14-4-5-14)12-21-20-17(19)13-22-23-20/h12-15H,2-11H2,1H3,(H,21,22,23). The third-order valence-electron chi connectivity index (χ3n) is 6.53. The van der Waals surface area contributed by atoms with E-state index in [0.717, 1.165) is 50.2 Å². The van der Waals surface area contributed by atoms with E-state index in [1.54, 1.807) is 0 Å². The molecule has 0 bridgehead atoms. The average Bonchev–Trinajstić information content (AvgIpc) is 3.29. The van der Waals surface area contributed by atoms with Crippen molar-refractivity contribution in [1.29, 1.82) is 0 Å². The molecule has 1 atom stereocenters. The molecule has 27 heavy (non-hydrogen) atoms. The molecule has 1 saturated carbocycles. The monoisotopic (exact) mass is 368 g/mol. The summed E-state index contributed by atoms with van der Waals surface area (Å²) in [5.74, 6) is 0.961. The van der Waals surface area contributed by atoms with Crippen molar-refractivity contribution in [2.24, 2.45) is 0 Å². The van der Waals surface area contributed by atoms with Gasteiger partial charge < -0.3 is 14.7 Å². The maximum Gasteiger partial charge on any atom is 0.224 e. The van der Waals surface area contributed by atoms with Crippen LogP contribution in [0.5, 0.6) is 0 Å². The van der Waals surface area contributed by atoms with Gasteiger partial charge in [-0.1, -0.05) is 0 Å². The van der Waals surface area contributed by atoms with Gasteiger partial charge in [0.05, 0.1) is 17.3 Å². The maximum atomic E-state index is 12.8. The van der Waals surface area contributed by atoms with Crippen LogP contribution < -0.4 is 4.90 Å². The first kappa shape index (κ1) is 17.0. The van der Waals surface area contributed by atoms with Gasteiger partial charge in [0.15, 0.2) is 5.65 Å². The fraction of sp³-hybridized carbons (Fsp3) is 0.650. The molecule has 0 aromatic carbocycles. The normalized spacial score (nSPS) is 24.1. The van der Waals surface area contributed by atoms with Gasteiger partial charge in [0.25, 0.3) is 0 Å². The number of carbonyl (C=O) groups is 1. The highest BCUT2D eigenvalue weighted by Gasteiger charge is 2.32. The number of carbonyl (C=O) groups excluding carboxylic acids is 1. The summed E-state index contributed by atoms with van der Waals surface area (Å²) in [6.45, 7) is 4.51. The van der Waals surface area contributed by atoms with E-state index in [-0.39, 0.29) is 0 Å². The Morgan fingerprint density at radius 3 is 2.67 bits per heavy atom. The molecule has 0 radical (unpaired) electrons. The first-order valence-corrected chi connectivity index (χ1v) is 10.3. The third kappa shape index (κ3) is 3.18. The van der Waals surface area contributed by atoms with E-state index in [9.17, 15) is 4.79 Å². The van der Waals surface area contributed by atoms with Crippen LogP contribution in [0.3, 0.4) is 0 Å². The Morgan fingerprint density at radius 2 is 1.96 bits per heavy atom. The summed E-state index contributed by atoms with van der Waals surface area (Å²) in [7, 11) is 2.14.